The molecule has 1 saturated heterocycles. The van der Waals surface area contributed by atoms with Crippen LogP contribution in [0.1, 0.15) is 55.7 Å². The third kappa shape index (κ3) is 5.43. The Morgan fingerprint density at radius 3 is 2.37 bits per heavy atom. The lowest BCUT2D eigenvalue weighted by molar-refractivity contribution is -0.154. The highest BCUT2D eigenvalue weighted by atomic mass is 32.2. The zero-order valence-electron chi connectivity index (χ0n) is 20.8. The lowest BCUT2D eigenvalue weighted by Crippen LogP contribution is -2.70. The number of benzene rings is 2. The second-order valence-corrected chi connectivity index (χ2v) is 12.1. The van der Waals surface area contributed by atoms with Crippen molar-refractivity contribution in [1.82, 2.24) is 14.5 Å². The Labute approximate surface area is 208 Å². The van der Waals surface area contributed by atoms with Gasteiger partial charge in [-0.3, -0.25) is 9.59 Å². The van der Waals surface area contributed by atoms with Gasteiger partial charge >= 0.3 is 0 Å². The standard InChI is InChI=1S/C27H35N3O4S/c1-20-12-14-24(15-13-20)35(33,34)29-18-25(31)30(17-22-9-7-8-21(2)16-22)27(3,19-29)26(32)28-23-10-5-4-6-11-23/h7-9,12-16,23H,4-6,10-11,17-19H2,1-3H3,(H,28,32). The number of carbonyl (C=O) groups excluding carboxylic acids is 2. The van der Waals surface area contributed by atoms with Crippen molar-refractivity contribution in [3.63, 3.8) is 0 Å². The molecule has 1 aliphatic heterocycles. The van der Waals surface area contributed by atoms with Gasteiger partial charge in [-0.05, 0) is 51.3 Å². The molecule has 0 radical (unpaired) electrons. The maximum atomic E-state index is 13.7. The SMILES string of the molecule is Cc1ccc(S(=O)(=O)N2CC(=O)N(Cc3cccc(C)c3)C(C)(C(=O)NC3CCCCC3)C2)cc1. The van der Waals surface area contributed by atoms with Crippen molar-refractivity contribution in [2.24, 2.45) is 0 Å². The highest BCUT2D eigenvalue weighted by Gasteiger charge is 2.50. The largest absolute Gasteiger partial charge is 0.351 e. The molecule has 0 aromatic heterocycles. The predicted molar refractivity (Wildman–Crippen MR) is 135 cm³/mol. The van der Waals surface area contributed by atoms with Crippen LogP contribution in [0.3, 0.4) is 0 Å². The molecule has 1 aliphatic carbocycles. The van der Waals surface area contributed by atoms with Crippen LogP contribution >= 0.6 is 0 Å². The molecule has 2 aromatic rings. The predicted octanol–water partition coefficient (Wildman–Crippen LogP) is 3.54. The summed E-state index contributed by atoms with van der Waals surface area (Å²) in [6.07, 6.45) is 5.07. The van der Waals surface area contributed by atoms with Crippen LogP contribution in [0.4, 0.5) is 0 Å². The number of carbonyl (C=O) groups is 2. The molecule has 0 spiro atoms. The lowest BCUT2D eigenvalue weighted by atomic mass is 9.91. The van der Waals surface area contributed by atoms with Gasteiger partial charge in [0.05, 0.1) is 11.4 Å². The Kier molecular flexibility index (Phi) is 7.33. The van der Waals surface area contributed by atoms with Crippen molar-refractivity contribution in [3.8, 4) is 0 Å². The number of rotatable bonds is 6. The zero-order chi connectivity index (χ0) is 25.2. The summed E-state index contributed by atoms with van der Waals surface area (Å²) < 4.78 is 28.1. The number of aryl methyl sites for hydroxylation is 2. The van der Waals surface area contributed by atoms with Gasteiger partial charge in [-0.2, -0.15) is 4.31 Å². The highest BCUT2D eigenvalue weighted by molar-refractivity contribution is 7.89. The molecule has 2 amide bonds. The molecule has 35 heavy (non-hydrogen) atoms. The molecule has 1 saturated carbocycles. The lowest BCUT2D eigenvalue weighted by Gasteiger charge is -2.47. The van der Waals surface area contributed by atoms with Gasteiger partial charge < -0.3 is 10.2 Å². The Bertz CT molecular complexity index is 1190. The summed E-state index contributed by atoms with van der Waals surface area (Å²) in [5.41, 5.74) is 1.57. The summed E-state index contributed by atoms with van der Waals surface area (Å²) in [5.74, 6) is -0.677. The molecule has 2 aliphatic rings. The summed E-state index contributed by atoms with van der Waals surface area (Å²) in [4.78, 5) is 28.9. The van der Waals surface area contributed by atoms with Gasteiger partial charge in [0, 0.05) is 19.1 Å². The number of amides is 2. The number of hydrogen-bond acceptors (Lipinski definition) is 4. The van der Waals surface area contributed by atoms with Crippen LogP contribution in [-0.2, 0) is 26.2 Å². The summed E-state index contributed by atoms with van der Waals surface area (Å²) in [6, 6.07) is 14.4. The Morgan fingerprint density at radius 2 is 1.71 bits per heavy atom. The van der Waals surface area contributed by atoms with Crippen molar-refractivity contribution in [1.29, 1.82) is 0 Å². The molecule has 8 heteroatoms. The maximum Gasteiger partial charge on any atom is 0.247 e. The summed E-state index contributed by atoms with van der Waals surface area (Å²) in [5, 5.41) is 3.14. The van der Waals surface area contributed by atoms with Crippen LogP contribution in [0.25, 0.3) is 0 Å². The van der Waals surface area contributed by atoms with Crippen molar-refractivity contribution >= 4 is 21.8 Å². The van der Waals surface area contributed by atoms with Crippen LogP contribution in [0.5, 0.6) is 0 Å². The van der Waals surface area contributed by atoms with Gasteiger partial charge in [0.1, 0.15) is 5.54 Å². The van der Waals surface area contributed by atoms with E-state index in [1.165, 1.54) is 0 Å². The molecular weight excluding hydrogens is 462 g/mol. The second-order valence-electron chi connectivity index (χ2n) is 10.1. The van der Waals surface area contributed by atoms with E-state index < -0.39 is 15.6 Å². The molecule has 7 nitrogen and oxygen atoms in total. The first-order valence-corrected chi connectivity index (χ1v) is 13.8. The quantitative estimate of drug-likeness (QED) is 0.661. The first-order chi connectivity index (χ1) is 16.6. The van der Waals surface area contributed by atoms with E-state index in [0.717, 1.165) is 53.1 Å². The molecule has 188 valence electrons. The Morgan fingerprint density at radius 1 is 1.03 bits per heavy atom. The number of nitrogens with zero attached hydrogens (tertiary/aromatic N) is 2. The molecule has 1 atom stereocenters. The Hall–Kier alpha value is -2.71. The van der Waals surface area contributed by atoms with E-state index in [1.54, 1.807) is 36.1 Å². The average molecular weight is 498 g/mol. The number of piperazine rings is 1. The van der Waals surface area contributed by atoms with E-state index in [1.807, 2.05) is 38.1 Å². The molecule has 2 fully saturated rings. The van der Waals surface area contributed by atoms with Gasteiger partial charge in [0.2, 0.25) is 21.8 Å². The van der Waals surface area contributed by atoms with Gasteiger partial charge in [-0.1, -0.05) is 66.8 Å². The molecule has 2 aromatic carbocycles. The normalized spacial score (nSPS) is 22.3. The van der Waals surface area contributed by atoms with Crippen molar-refractivity contribution in [2.75, 3.05) is 13.1 Å². The fourth-order valence-corrected chi connectivity index (χ4v) is 6.54. The number of hydrogen-bond donors (Lipinski definition) is 1. The molecule has 1 heterocycles. The van der Waals surface area contributed by atoms with E-state index in [0.29, 0.717) is 0 Å². The molecule has 1 N–H and O–H groups in total. The monoisotopic (exact) mass is 497 g/mol. The summed E-state index contributed by atoms with van der Waals surface area (Å²) in [6.45, 7) is 5.40. The first-order valence-electron chi connectivity index (χ1n) is 12.3. The van der Waals surface area contributed by atoms with E-state index in [2.05, 4.69) is 5.32 Å². The Balaban J connectivity index is 1.67. The smallest absolute Gasteiger partial charge is 0.247 e. The van der Waals surface area contributed by atoms with E-state index in [4.69, 9.17) is 0 Å². The molecule has 4 rings (SSSR count). The van der Waals surface area contributed by atoms with Crippen LogP contribution in [0, 0.1) is 13.8 Å². The highest BCUT2D eigenvalue weighted by Crippen LogP contribution is 2.30. The van der Waals surface area contributed by atoms with Gasteiger partial charge in [0.25, 0.3) is 0 Å². The van der Waals surface area contributed by atoms with E-state index in [-0.39, 0.29) is 42.4 Å². The number of nitrogens with one attached hydrogen (secondary N) is 1. The average Bonchev–Trinajstić information content (AvgIpc) is 2.82. The second kappa shape index (κ2) is 10.1. The minimum atomic E-state index is -3.95. The molecule has 0 bridgehead atoms. The van der Waals surface area contributed by atoms with Crippen LogP contribution in [0.2, 0.25) is 0 Å². The molecule has 1 unspecified atom stereocenters. The fourth-order valence-electron chi connectivity index (χ4n) is 5.06. The van der Waals surface area contributed by atoms with Gasteiger partial charge in [-0.25, -0.2) is 8.42 Å². The van der Waals surface area contributed by atoms with Gasteiger partial charge in [-0.15, -0.1) is 0 Å². The summed E-state index contributed by atoms with van der Waals surface area (Å²) >= 11 is 0. The third-order valence-corrected chi connectivity index (χ3v) is 9.01. The van der Waals surface area contributed by atoms with Crippen molar-refractivity contribution in [2.45, 2.75) is 75.9 Å². The van der Waals surface area contributed by atoms with Crippen LogP contribution in [0.15, 0.2) is 53.4 Å². The van der Waals surface area contributed by atoms with E-state index >= 15 is 0 Å². The van der Waals surface area contributed by atoms with Gasteiger partial charge in [0.15, 0.2) is 0 Å². The van der Waals surface area contributed by atoms with Crippen molar-refractivity contribution in [3.05, 3.63) is 65.2 Å². The topological polar surface area (TPSA) is 86.8 Å². The van der Waals surface area contributed by atoms with Crippen molar-refractivity contribution < 1.29 is 18.0 Å². The summed E-state index contributed by atoms with van der Waals surface area (Å²) in [7, 11) is -3.95. The number of sulfonamides is 1. The maximum absolute atomic E-state index is 13.7. The third-order valence-electron chi connectivity index (χ3n) is 7.20. The first kappa shape index (κ1) is 25.4. The fraction of sp³-hybridized carbons (Fsp3) is 0.481. The minimum absolute atomic E-state index is 0.0491. The van der Waals surface area contributed by atoms with Crippen LogP contribution in [-0.4, -0.2) is 54.1 Å². The molecular formula is C27H35N3O4S. The van der Waals surface area contributed by atoms with Crippen LogP contribution < -0.4 is 5.32 Å². The minimum Gasteiger partial charge on any atom is -0.351 e. The zero-order valence-corrected chi connectivity index (χ0v) is 21.6. The van der Waals surface area contributed by atoms with E-state index in [9.17, 15) is 18.0 Å².